The van der Waals surface area contributed by atoms with Crippen molar-refractivity contribution in [2.75, 3.05) is 0 Å². The number of hydrogen-bond acceptors (Lipinski definition) is 2. The van der Waals surface area contributed by atoms with Crippen molar-refractivity contribution in [1.29, 1.82) is 0 Å². The number of aldehydes is 1. The van der Waals surface area contributed by atoms with Gasteiger partial charge in [0.1, 0.15) is 6.29 Å². The highest BCUT2D eigenvalue weighted by Crippen LogP contribution is 2.14. The molecule has 1 atom stereocenters. The van der Waals surface area contributed by atoms with Crippen LogP contribution in [0.5, 0.6) is 0 Å². The smallest absolute Gasteiger partial charge is 0.149 e. The molecule has 0 saturated heterocycles. The Balaban J connectivity index is 1.90. The molecular formula is C14H14O2. The van der Waals surface area contributed by atoms with Gasteiger partial charge in [-0.1, -0.05) is 42.5 Å². The van der Waals surface area contributed by atoms with Gasteiger partial charge in [0.15, 0.2) is 0 Å². The second kappa shape index (κ2) is 5.42. The minimum Gasteiger partial charge on any atom is -0.369 e. The van der Waals surface area contributed by atoms with Crippen molar-refractivity contribution in [3.05, 3.63) is 59.7 Å². The van der Waals surface area contributed by atoms with Crippen LogP contribution in [0.2, 0.25) is 0 Å². The van der Waals surface area contributed by atoms with E-state index in [1.54, 1.807) is 0 Å². The van der Waals surface area contributed by atoms with E-state index in [-0.39, 0.29) is 6.10 Å². The summed E-state index contributed by atoms with van der Waals surface area (Å²) in [6.45, 7) is 0.585. The van der Waals surface area contributed by atoms with Crippen LogP contribution in [-0.4, -0.2) is 12.4 Å². The van der Waals surface area contributed by atoms with Gasteiger partial charge >= 0.3 is 0 Å². The molecule has 2 rings (SSSR count). The molecule has 1 aliphatic carbocycles. The van der Waals surface area contributed by atoms with E-state index in [1.165, 1.54) is 0 Å². The molecule has 2 nitrogen and oxygen atoms in total. The first kappa shape index (κ1) is 10.8. The maximum atomic E-state index is 10.6. The van der Waals surface area contributed by atoms with E-state index in [4.69, 9.17) is 4.74 Å². The van der Waals surface area contributed by atoms with Crippen molar-refractivity contribution in [1.82, 2.24) is 0 Å². The lowest BCUT2D eigenvalue weighted by molar-refractivity contribution is -0.104. The van der Waals surface area contributed by atoms with Gasteiger partial charge in [-0.05, 0) is 18.1 Å². The molecule has 1 aromatic carbocycles. The van der Waals surface area contributed by atoms with Crippen LogP contribution in [0.3, 0.4) is 0 Å². The summed E-state index contributed by atoms with van der Waals surface area (Å²) in [6, 6.07) is 10.0. The summed E-state index contributed by atoms with van der Waals surface area (Å²) in [6.07, 6.45) is 7.38. The summed E-state index contributed by atoms with van der Waals surface area (Å²) in [5.74, 6) is 0. The Morgan fingerprint density at radius 1 is 1.31 bits per heavy atom. The van der Waals surface area contributed by atoms with Gasteiger partial charge in [0.25, 0.3) is 0 Å². The van der Waals surface area contributed by atoms with Crippen molar-refractivity contribution >= 4 is 6.29 Å². The van der Waals surface area contributed by atoms with Crippen molar-refractivity contribution in [3.8, 4) is 0 Å². The lowest BCUT2D eigenvalue weighted by Crippen LogP contribution is -2.12. The molecule has 2 heteroatoms. The van der Waals surface area contributed by atoms with Crippen LogP contribution >= 0.6 is 0 Å². The second-order valence-corrected chi connectivity index (χ2v) is 3.76. The van der Waals surface area contributed by atoms with Gasteiger partial charge in [0.05, 0.1) is 12.7 Å². The van der Waals surface area contributed by atoms with Crippen LogP contribution in [0.1, 0.15) is 12.0 Å². The van der Waals surface area contributed by atoms with Crippen molar-refractivity contribution in [2.24, 2.45) is 0 Å². The zero-order valence-electron chi connectivity index (χ0n) is 9.00. The summed E-state index contributed by atoms with van der Waals surface area (Å²) in [4.78, 5) is 10.6. The van der Waals surface area contributed by atoms with Crippen LogP contribution < -0.4 is 0 Å². The summed E-state index contributed by atoms with van der Waals surface area (Å²) < 4.78 is 5.71. The predicted molar refractivity (Wildman–Crippen MR) is 62.9 cm³/mol. The van der Waals surface area contributed by atoms with Crippen LogP contribution in [0.15, 0.2) is 54.1 Å². The van der Waals surface area contributed by atoms with Gasteiger partial charge in [-0.15, -0.1) is 0 Å². The quantitative estimate of drug-likeness (QED) is 0.720. The van der Waals surface area contributed by atoms with E-state index in [2.05, 4.69) is 0 Å². The normalized spacial score (nSPS) is 19.2. The summed E-state index contributed by atoms with van der Waals surface area (Å²) in [7, 11) is 0. The number of carbonyl (C=O) groups excluding carboxylic acids is 1. The highest BCUT2D eigenvalue weighted by molar-refractivity contribution is 5.78. The van der Waals surface area contributed by atoms with Crippen molar-refractivity contribution < 1.29 is 9.53 Å². The van der Waals surface area contributed by atoms with Gasteiger partial charge in [-0.3, -0.25) is 4.79 Å². The molecule has 0 fully saturated rings. The number of hydrogen-bond donors (Lipinski definition) is 0. The van der Waals surface area contributed by atoms with Gasteiger partial charge in [0, 0.05) is 5.57 Å². The third-order valence-electron chi connectivity index (χ3n) is 2.50. The molecule has 0 radical (unpaired) electrons. The maximum Gasteiger partial charge on any atom is 0.149 e. The molecule has 0 N–H and O–H groups in total. The van der Waals surface area contributed by atoms with E-state index >= 15 is 0 Å². The average molecular weight is 214 g/mol. The predicted octanol–water partition coefficient (Wildman–Crippen LogP) is 2.66. The zero-order chi connectivity index (χ0) is 11.2. The molecular weight excluding hydrogens is 200 g/mol. The van der Waals surface area contributed by atoms with E-state index < -0.39 is 0 Å². The Kier molecular flexibility index (Phi) is 3.67. The van der Waals surface area contributed by atoms with Crippen LogP contribution in [0, 0.1) is 0 Å². The van der Waals surface area contributed by atoms with Crippen LogP contribution in [0.4, 0.5) is 0 Å². The summed E-state index contributed by atoms with van der Waals surface area (Å²) >= 11 is 0. The first-order valence-electron chi connectivity index (χ1n) is 5.37. The lowest BCUT2D eigenvalue weighted by atomic mass is 10.1. The standard InChI is InChI=1S/C14H14O2/c15-10-13-7-4-8-14(9-13)16-11-12-5-2-1-3-6-12/h1-7,9-10,14H,8,11H2. The van der Waals surface area contributed by atoms with E-state index in [1.807, 2.05) is 48.6 Å². The van der Waals surface area contributed by atoms with Crippen LogP contribution in [-0.2, 0) is 16.1 Å². The molecule has 0 spiro atoms. The maximum absolute atomic E-state index is 10.6. The van der Waals surface area contributed by atoms with Crippen molar-refractivity contribution in [3.63, 3.8) is 0 Å². The molecule has 1 aromatic rings. The van der Waals surface area contributed by atoms with E-state index in [9.17, 15) is 4.79 Å². The fourth-order valence-electron chi connectivity index (χ4n) is 1.65. The molecule has 0 saturated carbocycles. The molecule has 0 aliphatic heterocycles. The average Bonchev–Trinajstić information content (AvgIpc) is 2.38. The van der Waals surface area contributed by atoms with Gasteiger partial charge in [-0.2, -0.15) is 0 Å². The second-order valence-electron chi connectivity index (χ2n) is 3.76. The Morgan fingerprint density at radius 3 is 2.88 bits per heavy atom. The van der Waals surface area contributed by atoms with E-state index in [0.29, 0.717) is 12.2 Å². The number of rotatable bonds is 4. The molecule has 82 valence electrons. The first-order chi connectivity index (χ1) is 7.88. The Hall–Kier alpha value is -1.67. The minimum absolute atomic E-state index is 0.0189. The Bertz CT molecular complexity index is 404. The van der Waals surface area contributed by atoms with Crippen LogP contribution in [0.25, 0.3) is 0 Å². The van der Waals surface area contributed by atoms with Gasteiger partial charge in [-0.25, -0.2) is 0 Å². The zero-order valence-corrected chi connectivity index (χ0v) is 9.00. The number of ether oxygens (including phenoxy) is 1. The van der Waals surface area contributed by atoms with E-state index in [0.717, 1.165) is 18.3 Å². The largest absolute Gasteiger partial charge is 0.369 e. The third kappa shape index (κ3) is 2.91. The number of carbonyl (C=O) groups is 1. The number of allylic oxidation sites excluding steroid dienone is 2. The third-order valence-corrected chi connectivity index (χ3v) is 2.50. The topological polar surface area (TPSA) is 26.3 Å². The monoisotopic (exact) mass is 214 g/mol. The molecule has 0 bridgehead atoms. The SMILES string of the molecule is O=CC1=CC(OCc2ccccc2)CC=C1. The molecule has 0 amide bonds. The molecule has 0 heterocycles. The minimum atomic E-state index is 0.0189. The summed E-state index contributed by atoms with van der Waals surface area (Å²) in [5, 5.41) is 0. The highest BCUT2D eigenvalue weighted by atomic mass is 16.5. The fraction of sp³-hybridized carbons (Fsp3) is 0.214. The van der Waals surface area contributed by atoms with Crippen molar-refractivity contribution in [2.45, 2.75) is 19.1 Å². The lowest BCUT2D eigenvalue weighted by Gasteiger charge is -2.15. The Morgan fingerprint density at radius 2 is 2.12 bits per heavy atom. The fourth-order valence-corrected chi connectivity index (χ4v) is 1.65. The molecule has 16 heavy (non-hydrogen) atoms. The summed E-state index contributed by atoms with van der Waals surface area (Å²) in [5.41, 5.74) is 1.85. The Labute approximate surface area is 95.2 Å². The molecule has 0 aromatic heterocycles. The molecule has 1 unspecified atom stereocenters. The van der Waals surface area contributed by atoms with Gasteiger partial charge < -0.3 is 4.74 Å². The van der Waals surface area contributed by atoms with Gasteiger partial charge in [0.2, 0.25) is 0 Å². The first-order valence-corrected chi connectivity index (χ1v) is 5.37. The highest BCUT2D eigenvalue weighted by Gasteiger charge is 2.09. The number of benzene rings is 1. The molecule has 1 aliphatic rings.